The molecule has 4 nitrogen and oxygen atoms in total. The van der Waals surface area contributed by atoms with Gasteiger partial charge >= 0.3 is 0 Å². The van der Waals surface area contributed by atoms with E-state index in [1.165, 1.54) is 6.07 Å². The maximum atomic E-state index is 13.0. The molecule has 0 amide bonds. The van der Waals surface area contributed by atoms with Crippen molar-refractivity contribution in [2.75, 3.05) is 6.61 Å². The van der Waals surface area contributed by atoms with Crippen LogP contribution in [0.15, 0.2) is 36.5 Å². The lowest BCUT2D eigenvalue weighted by Crippen LogP contribution is -1.97. The van der Waals surface area contributed by atoms with Gasteiger partial charge in [0.1, 0.15) is 17.3 Å². The highest BCUT2D eigenvalue weighted by Gasteiger charge is 2.08. The van der Waals surface area contributed by atoms with E-state index in [1.54, 1.807) is 24.3 Å². The number of aromatic nitrogens is 1. The molecule has 0 fully saturated rings. The van der Waals surface area contributed by atoms with E-state index in [-0.39, 0.29) is 12.5 Å². The molecule has 0 unspecified atom stereocenters. The summed E-state index contributed by atoms with van der Waals surface area (Å²) in [6, 6.07) is 8.21. The second-order valence-corrected chi connectivity index (χ2v) is 3.79. The minimum absolute atomic E-state index is 0.178. The van der Waals surface area contributed by atoms with Crippen molar-refractivity contribution in [1.82, 2.24) is 4.98 Å². The zero-order chi connectivity index (χ0) is 13.7. The van der Waals surface area contributed by atoms with Gasteiger partial charge in [-0.05, 0) is 25.1 Å². The highest BCUT2D eigenvalue weighted by Crippen LogP contribution is 2.26. The molecule has 1 heterocycles. The van der Waals surface area contributed by atoms with Crippen LogP contribution >= 0.6 is 0 Å². The van der Waals surface area contributed by atoms with Crippen molar-refractivity contribution in [3.05, 3.63) is 47.9 Å². The summed E-state index contributed by atoms with van der Waals surface area (Å²) in [5.41, 5.74) is 0.293. The quantitative estimate of drug-likeness (QED) is 0.901. The van der Waals surface area contributed by atoms with Gasteiger partial charge in [0, 0.05) is 11.6 Å². The number of ether oxygens (including phenoxy) is 2. The zero-order valence-corrected chi connectivity index (χ0v) is 10.5. The molecule has 0 saturated heterocycles. The molecule has 0 aliphatic rings. The number of hydrogen-bond donors (Lipinski definition) is 1. The van der Waals surface area contributed by atoms with E-state index in [1.807, 2.05) is 6.92 Å². The first-order valence-electron chi connectivity index (χ1n) is 5.89. The maximum Gasteiger partial charge on any atom is 0.224 e. The molecule has 0 aliphatic carbocycles. The van der Waals surface area contributed by atoms with Crippen LogP contribution in [0, 0.1) is 5.82 Å². The van der Waals surface area contributed by atoms with Crippen LogP contribution in [0.4, 0.5) is 4.39 Å². The Labute approximate surface area is 110 Å². The summed E-state index contributed by atoms with van der Waals surface area (Å²) in [6.07, 6.45) is 1.04. The van der Waals surface area contributed by atoms with Gasteiger partial charge in [-0.1, -0.05) is 6.07 Å². The Morgan fingerprint density at radius 1 is 1.26 bits per heavy atom. The Balaban J connectivity index is 2.23. The molecule has 2 aromatic rings. The summed E-state index contributed by atoms with van der Waals surface area (Å²) in [5.74, 6) is 0.851. The number of rotatable bonds is 5. The summed E-state index contributed by atoms with van der Waals surface area (Å²) in [4.78, 5) is 3.82. The third-order valence-electron chi connectivity index (χ3n) is 2.39. The van der Waals surface area contributed by atoms with Crippen molar-refractivity contribution < 1.29 is 19.0 Å². The number of hydrogen-bond acceptors (Lipinski definition) is 4. The number of nitrogens with zero attached hydrogens (tertiary/aromatic N) is 1. The van der Waals surface area contributed by atoms with E-state index in [4.69, 9.17) is 14.6 Å². The van der Waals surface area contributed by atoms with E-state index in [9.17, 15) is 4.39 Å². The predicted molar refractivity (Wildman–Crippen MR) is 67.8 cm³/mol. The van der Waals surface area contributed by atoms with E-state index in [2.05, 4.69) is 4.98 Å². The molecule has 0 spiro atoms. The second kappa shape index (κ2) is 6.15. The summed E-state index contributed by atoms with van der Waals surface area (Å²) in [7, 11) is 0. The molecule has 0 bridgehead atoms. The summed E-state index contributed by atoms with van der Waals surface area (Å²) < 4.78 is 23.9. The molecule has 100 valence electrons. The van der Waals surface area contributed by atoms with Gasteiger partial charge in [-0.2, -0.15) is 0 Å². The monoisotopic (exact) mass is 263 g/mol. The van der Waals surface area contributed by atoms with Gasteiger partial charge in [-0.15, -0.1) is 0 Å². The Morgan fingerprint density at radius 3 is 2.79 bits per heavy atom. The molecule has 5 heteroatoms. The van der Waals surface area contributed by atoms with Gasteiger partial charge in [-0.3, -0.25) is 0 Å². The minimum Gasteiger partial charge on any atom is -0.494 e. The van der Waals surface area contributed by atoms with Crippen molar-refractivity contribution in [1.29, 1.82) is 0 Å². The zero-order valence-electron chi connectivity index (χ0n) is 10.5. The van der Waals surface area contributed by atoms with Gasteiger partial charge in [0.15, 0.2) is 0 Å². The minimum atomic E-state index is -0.514. The third-order valence-corrected chi connectivity index (χ3v) is 2.39. The van der Waals surface area contributed by atoms with Crippen molar-refractivity contribution in [3.8, 4) is 17.4 Å². The van der Waals surface area contributed by atoms with Crippen LogP contribution in [0.3, 0.4) is 0 Å². The van der Waals surface area contributed by atoms with Crippen LogP contribution in [0.2, 0.25) is 0 Å². The normalized spacial score (nSPS) is 10.3. The van der Waals surface area contributed by atoms with E-state index in [0.29, 0.717) is 23.7 Å². The van der Waals surface area contributed by atoms with Crippen molar-refractivity contribution in [3.63, 3.8) is 0 Å². The number of aliphatic hydroxyl groups excluding tert-OH is 1. The molecule has 0 atom stereocenters. The number of pyridine rings is 1. The Kier molecular flexibility index (Phi) is 4.30. The van der Waals surface area contributed by atoms with Gasteiger partial charge in [0.05, 0.1) is 19.4 Å². The third kappa shape index (κ3) is 3.42. The molecular formula is C14H14FNO3. The predicted octanol–water partition coefficient (Wildman–Crippen LogP) is 2.90. The molecule has 1 N–H and O–H groups in total. The summed E-state index contributed by atoms with van der Waals surface area (Å²) >= 11 is 0. The Bertz CT molecular complexity index is 560. The van der Waals surface area contributed by atoms with Gasteiger partial charge < -0.3 is 14.6 Å². The molecule has 0 radical (unpaired) electrons. The second-order valence-electron chi connectivity index (χ2n) is 3.79. The molecule has 0 saturated carbocycles. The maximum absolute atomic E-state index is 13.0. The molecule has 0 aliphatic heterocycles. The average Bonchev–Trinajstić information content (AvgIpc) is 2.41. The van der Waals surface area contributed by atoms with Crippen LogP contribution in [0.1, 0.15) is 12.5 Å². The summed E-state index contributed by atoms with van der Waals surface area (Å²) in [5, 5.41) is 9.15. The van der Waals surface area contributed by atoms with Gasteiger partial charge in [-0.25, -0.2) is 9.37 Å². The van der Waals surface area contributed by atoms with Crippen LogP contribution in [-0.2, 0) is 6.61 Å². The number of halogens is 1. The van der Waals surface area contributed by atoms with Crippen molar-refractivity contribution in [2.24, 2.45) is 0 Å². The highest BCUT2D eigenvalue weighted by molar-refractivity contribution is 5.37. The fourth-order valence-electron chi connectivity index (χ4n) is 1.58. The van der Waals surface area contributed by atoms with Gasteiger partial charge in [0.25, 0.3) is 0 Å². The Hall–Kier alpha value is -2.14. The van der Waals surface area contributed by atoms with Crippen LogP contribution in [-0.4, -0.2) is 16.7 Å². The first kappa shape index (κ1) is 13.3. The smallest absolute Gasteiger partial charge is 0.224 e. The van der Waals surface area contributed by atoms with E-state index >= 15 is 0 Å². The first-order chi connectivity index (χ1) is 9.22. The lowest BCUT2D eigenvalue weighted by molar-refractivity contribution is 0.274. The molecule has 19 heavy (non-hydrogen) atoms. The first-order valence-corrected chi connectivity index (χ1v) is 5.89. The number of aliphatic hydroxyl groups is 1. The van der Waals surface area contributed by atoms with Crippen LogP contribution in [0.5, 0.6) is 17.4 Å². The largest absolute Gasteiger partial charge is 0.494 e. The lowest BCUT2D eigenvalue weighted by Gasteiger charge is -2.10. The Morgan fingerprint density at radius 2 is 2.05 bits per heavy atom. The lowest BCUT2D eigenvalue weighted by atomic mass is 10.3. The van der Waals surface area contributed by atoms with Crippen LogP contribution in [0.25, 0.3) is 0 Å². The van der Waals surface area contributed by atoms with Gasteiger partial charge in [0.2, 0.25) is 5.88 Å². The standard InChI is InChI=1S/C14H14FNO3/c1-2-18-12-4-3-5-13(7-12)19-14-10(9-17)6-11(15)8-16-14/h3-8,17H,2,9H2,1H3. The van der Waals surface area contributed by atoms with E-state index in [0.717, 1.165) is 6.20 Å². The fraction of sp³-hybridized carbons (Fsp3) is 0.214. The highest BCUT2D eigenvalue weighted by atomic mass is 19.1. The van der Waals surface area contributed by atoms with E-state index < -0.39 is 5.82 Å². The van der Waals surface area contributed by atoms with Crippen molar-refractivity contribution >= 4 is 0 Å². The molecular weight excluding hydrogens is 249 g/mol. The van der Waals surface area contributed by atoms with Crippen molar-refractivity contribution in [2.45, 2.75) is 13.5 Å². The average molecular weight is 263 g/mol. The number of benzene rings is 1. The fourth-order valence-corrected chi connectivity index (χ4v) is 1.58. The SMILES string of the molecule is CCOc1cccc(Oc2ncc(F)cc2CO)c1. The molecule has 2 rings (SSSR count). The molecule has 1 aromatic carbocycles. The topological polar surface area (TPSA) is 51.6 Å². The van der Waals surface area contributed by atoms with Crippen LogP contribution < -0.4 is 9.47 Å². The molecule has 1 aromatic heterocycles. The summed E-state index contributed by atoms with van der Waals surface area (Å²) in [6.45, 7) is 2.10.